The predicted octanol–water partition coefficient (Wildman–Crippen LogP) is 11.6. The lowest BCUT2D eigenvalue weighted by Gasteiger charge is -2.30. The zero-order valence-corrected chi connectivity index (χ0v) is 43.7. The van der Waals surface area contributed by atoms with Crippen LogP contribution in [0.3, 0.4) is 0 Å². The Balaban J connectivity index is 0.000000182. The molecule has 0 saturated carbocycles. The number of unbranched alkanes of at least 4 members (excludes halogenated alkanes) is 3. The number of esters is 1. The molecule has 2 heterocycles. The van der Waals surface area contributed by atoms with Crippen molar-refractivity contribution < 1.29 is 29.0 Å². The quantitative estimate of drug-likeness (QED) is 0.0392. The molecule has 3 aliphatic rings. The number of carbonyl (C=O) groups excluding carboxylic acids is 2. The average Bonchev–Trinajstić information content (AvgIpc) is 3.53. The fourth-order valence-electron chi connectivity index (χ4n) is 9.59. The number of rotatable bonds is 15. The van der Waals surface area contributed by atoms with Gasteiger partial charge in [0.1, 0.15) is 0 Å². The van der Waals surface area contributed by atoms with E-state index >= 15 is 0 Å². The van der Waals surface area contributed by atoms with E-state index < -0.39 is 5.97 Å². The van der Waals surface area contributed by atoms with Crippen LogP contribution in [0.1, 0.15) is 148 Å². The zero-order valence-electron chi connectivity index (χ0n) is 42.9. The number of carbonyl (C=O) groups is 3. The van der Waals surface area contributed by atoms with Gasteiger partial charge < -0.3 is 35.8 Å². The summed E-state index contributed by atoms with van der Waals surface area (Å²) >= 11 is 5.85. The maximum Gasteiger partial charge on any atom is 0.314 e. The summed E-state index contributed by atoms with van der Waals surface area (Å²) in [6.07, 6.45) is 10.0. The number of halogens is 1. The summed E-state index contributed by atoms with van der Waals surface area (Å²) in [6.45, 7) is 13.9. The summed E-state index contributed by atoms with van der Waals surface area (Å²) in [4.78, 5) is 34.6. The number of carboxylic acids is 1. The number of carboxylic acid groups (broad SMARTS) is 1. The van der Waals surface area contributed by atoms with Gasteiger partial charge in [0.15, 0.2) is 5.78 Å². The van der Waals surface area contributed by atoms with Gasteiger partial charge in [-0.25, -0.2) is 0 Å². The van der Waals surface area contributed by atoms with Gasteiger partial charge >= 0.3 is 11.9 Å². The number of piperidine rings is 1. The minimum absolute atomic E-state index is 0.0671. The molecule has 8 rings (SSSR count). The van der Waals surface area contributed by atoms with Crippen LogP contribution >= 0.6 is 11.6 Å². The highest BCUT2D eigenvalue weighted by molar-refractivity contribution is 6.31. The molecule has 5 aromatic rings. The molecule has 11 heteroatoms. The van der Waals surface area contributed by atoms with Crippen LogP contribution < -0.4 is 21.3 Å². The summed E-state index contributed by atoms with van der Waals surface area (Å²) in [7, 11) is 1.46. The summed E-state index contributed by atoms with van der Waals surface area (Å²) in [6, 6.07) is 45.5. The number of ketones is 1. The predicted molar refractivity (Wildman–Crippen MR) is 288 cm³/mol. The third-order valence-electron chi connectivity index (χ3n) is 13.0. The van der Waals surface area contributed by atoms with Crippen molar-refractivity contribution in [3.8, 4) is 0 Å². The van der Waals surface area contributed by atoms with E-state index in [-0.39, 0.29) is 53.9 Å². The second-order valence-corrected chi connectivity index (χ2v) is 20.2. The van der Waals surface area contributed by atoms with Crippen molar-refractivity contribution in [2.75, 3.05) is 33.4 Å². The molecular formula is C60H79ClN4O6. The lowest BCUT2D eigenvalue weighted by Crippen LogP contribution is -2.46. The van der Waals surface area contributed by atoms with Crippen molar-refractivity contribution in [2.24, 2.45) is 0 Å². The van der Waals surface area contributed by atoms with Gasteiger partial charge in [0, 0.05) is 41.2 Å². The Morgan fingerprint density at radius 2 is 1.39 bits per heavy atom. The first-order valence-corrected chi connectivity index (χ1v) is 26.1. The number of fused-ring (bicyclic) bond motifs is 2. The topological polar surface area (TPSA) is 138 Å². The summed E-state index contributed by atoms with van der Waals surface area (Å²) in [5.74, 6) is -0.945. The molecule has 5 aromatic carbocycles. The molecule has 2 aliphatic heterocycles. The largest absolute Gasteiger partial charge is 0.481 e. The average molecular weight is 988 g/mol. The van der Waals surface area contributed by atoms with Crippen LogP contribution in [0.4, 0.5) is 0 Å². The molecule has 0 radical (unpaired) electrons. The Morgan fingerprint density at radius 3 is 1.97 bits per heavy atom. The van der Waals surface area contributed by atoms with Crippen LogP contribution in [0.2, 0.25) is 5.02 Å². The summed E-state index contributed by atoms with van der Waals surface area (Å²) in [5, 5.41) is 23.1. The van der Waals surface area contributed by atoms with Gasteiger partial charge in [0.05, 0.1) is 37.8 Å². The van der Waals surface area contributed by atoms with E-state index in [1.54, 1.807) is 24.3 Å². The molecule has 5 atom stereocenters. The van der Waals surface area contributed by atoms with Crippen LogP contribution in [-0.2, 0) is 31.9 Å². The minimum Gasteiger partial charge on any atom is -0.481 e. The van der Waals surface area contributed by atoms with E-state index in [1.807, 2.05) is 64.1 Å². The number of Topliss-reactive ketones (excluding diaryl/α,β-unsaturated/α-hetero) is 1. The van der Waals surface area contributed by atoms with Crippen molar-refractivity contribution in [2.45, 2.75) is 141 Å². The van der Waals surface area contributed by atoms with Crippen LogP contribution in [-0.4, -0.2) is 79.8 Å². The molecule has 2 saturated heterocycles. The second-order valence-electron chi connectivity index (χ2n) is 19.7. The van der Waals surface area contributed by atoms with Gasteiger partial charge in [-0.2, -0.15) is 0 Å². The smallest absolute Gasteiger partial charge is 0.314 e. The standard InChI is InChI=1S/C22H27NO2.C14H19NO2.C13H18ClNO.C11H15NO/c24-21(25)13-3-1-2-8-16-23-22-19-11-6-4-9-17(19)14-15-18-10-5-7-12-20(18)22;1-17-14(16)13(11-7-3-2-4-8-11)12-9-5-6-10-15-12;1-9(15-13(2,3)4)12(16)10-6-5-7-11(14)8-10;1-9-11(13-8-7-12-9)10-5-3-2-4-6-10/h4-7,9-12,22-23H,1-3,8,13-16H2,(H,24,25);2-4,7-8,12-13,15H,5-6,9-10H2,1H3;5-9,15H,1-4H3;2-6,9,11-12H,7-8H2,1H3. The van der Waals surface area contributed by atoms with Gasteiger partial charge in [-0.3, -0.25) is 14.4 Å². The fourth-order valence-corrected chi connectivity index (χ4v) is 9.78. The number of ether oxygens (including phenoxy) is 2. The Hall–Kier alpha value is -5.20. The van der Waals surface area contributed by atoms with E-state index in [4.69, 9.17) is 26.2 Å². The van der Waals surface area contributed by atoms with Gasteiger partial charge in [0.2, 0.25) is 0 Å². The molecule has 0 bridgehead atoms. The third-order valence-corrected chi connectivity index (χ3v) is 13.3. The van der Waals surface area contributed by atoms with Gasteiger partial charge in [-0.15, -0.1) is 0 Å². The number of morpholine rings is 1. The number of methoxy groups -OCH3 is 1. The lowest BCUT2D eigenvalue weighted by molar-refractivity contribution is -0.143. The monoisotopic (exact) mass is 987 g/mol. The fraction of sp³-hybridized carbons (Fsp3) is 0.450. The van der Waals surface area contributed by atoms with E-state index in [1.165, 1.54) is 47.8 Å². The number of hydrogen-bond acceptors (Lipinski definition) is 9. The van der Waals surface area contributed by atoms with Crippen molar-refractivity contribution >= 4 is 29.3 Å². The Morgan fingerprint density at radius 1 is 0.775 bits per heavy atom. The Bertz CT molecular complexity index is 2300. The second kappa shape index (κ2) is 30.0. The van der Waals surface area contributed by atoms with Crippen molar-refractivity contribution in [3.63, 3.8) is 0 Å². The van der Waals surface area contributed by atoms with Crippen molar-refractivity contribution in [1.82, 2.24) is 21.3 Å². The van der Waals surface area contributed by atoms with E-state index in [9.17, 15) is 14.4 Å². The van der Waals surface area contributed by atoms with E-state index in [0.29, 0.717) is 16.6 Å². The van der Waals surface area contributed by atoms with Crippen LogP contribution in [0, 0.1) is 0 Å². The maximum atomic E-state index is 12.1. The number of aliphatic carboxylic acids is 1. The van der Waals surface area contributed by atoms with Gasteiger partial charge in [-0.05, 0) is 132 Å². The van der Waals surface area contributed by atoms with Crippen molar-refractivity contribution in [1.29, 1.82) is 0 Å². The lowest BCUT2D eigenvalue weighted by atomic mass is 9.86. The molecule has 0 aromatic heterocycles. The van der Waals surface area contributed by atoms with Crippen LogP contribution in [0.25, 0.3) is 0 Å². The molecule has 71 heavy (non-hydrogen) atoms. The highest BCUT2D eigenvalue weighted by Crippen LogP contribution is 2.33. The number of nitrogens with one attached hydrogen (secondary N) is 4. The highest BCUT2D eigenvalue weighted by atomic mass is 35.5. The Kier molecular flexibility index (Phi) is 23.9. The zero-order chi connectivity index (χ0) is 51.0. The summed E-state index contributed by atoms with van der Waals surface area (Å²) < 4.78 is 10.7. The molecule has 0 spiro atoms. The molecular weight excluding hydrogens is 908 g/mol. The molecule has 5 N–H and O–H groups in total. The first-order chi connectivity index (χ1) is 34.3. The molecule has 5 unspecified atom stereocenters. The van der Waals surface area contributed by atoms with Crippen LogP contribution in [0.5, 0.6) is 0 Å². The normalized spacial score (nSPS) is 18.4. The number of hydrogen-bond donors (Lipinski definition) is 5. The molecule has 1 aliphatic carbocycles. The first kappa shape index (κ1) is 56.7. The number of aryl methyl sites for hydroxylation is 2. The van der Waals surface area contributed by atoms with E-state index in [0.717, 1.165) is 76.8 Å². The highest BCUT2D eigenvalue weighted by Gasteiger charge is 2.31. The third kappa shape index (κ3) is 19.1. The molecule has 0 amide bonds. The van der Waals surface area contributed by atoms with E-state index in [2.05, 4.69) is 101 Å². The van der Waals surface area contributed by atoms with Crippen molar-refractivity contribution in [3.05, 3.63) is 177 Å². The minimum atomic E-state index is -0.690. The first-order valence-electron chi connectivity index (χ1n) is 25.7. The SMILES string of the molecule is CC(NC(C)(C)C)C(=O)c1cccc(Cl)c1.CC1NCCOC1c1ccccc1.COC(=O)C(c1ccccc1)C1CCCCN1.O=C(O)CCCCCCNC1c2ccccc2CCc2ccccc21. The van der Waals surface area contributed by atoms with Gasteiger partial charge in [-0.1, -0.05) is 152 Å². The molecule has 382 valence electrons. The number of benzene rings is 5. The van der Waals surface area contributed by atoms with Gasteiger partial charge in [0.25, 0.3) is 0 Å². The Labute approximate surface area is 429 Å². The van der Waals surface area contributed by atoms with Crippen LogP contribution in [0.15, 0.2) is 133 Å². The summed E-state index contributed by atoms with van der Waals surface area (Å²) in [5.41, 5.74) is 8.57. The maximum absolute atomic E-state index is 12.1. The molecule has 10 nitrogen and oxygen atoms in total. The molecule has 2 fully saturated rings.